The predicted octanol–water partition coefficient (Wildman–Crippen LogP) is 1.64. The molecular formula is C16H14F3N2O3S-. The van der Waals surface area contributed by atoms with Crippen LogP contribution in [0.3, 0.4) is 0 Å². The van der Waals surface area contributed by atoms with E-state index in [1.165, 1.54) is 0 Å². The monoisotopic (exact) mass is 371 g/mol. The Kier molecular flexibility index (Phi) is 4.68. The number of hydrogen-bond acceptors (Lipinski definition) is 4. The molecule has 25 heavy (non-hydrogen) atoms. The molecule has 3 rings (SSSR count). The molecule has 0 saturated heterocycles. The largest absolute Gasteiger partial charge is 0.549 e. The first kappa shape index (κ1) is 17.7. The number of nitrogens with zero attached hydrogens (tertiary/aromatic N) is 1. The lowest BCUT2D eigenvalue weighted by atomic mass is 9.97. The Morgan fingerprint density at radius 1 is 1.28 bits per heavy atom. The molecule has 134 valence electrons. The molecule has 1 aliphatic rings. The number of aromatic nitrogens is 1. The van der Waals surface area contributed by atoms with Gasteiger partial charge in [0, 0.05) is 23.2 Å². The van der Waals surface area contributed by atoms with E-state index in [1.54, 1.807) is 24.3 Å². The number of benzene rings is 1. The molecule has 1 amide bonds. The average Bonchev–Trinajstić information content (AvgIpc) is 2.90. The van der Waals surface area contributed by atoms with Crippen LogP contribution in [0.4, 0.5) is 13.2 Å². The van der Waals surface area contributed by atoms with Crippen LogP contribution < -0.4 is 5.11 Å². The molecule has 0 bridgehead atoms. The minimum atomic E-state index is -4.63. The number of amides is 1. The summed E-state index contributed by atoms with van der Waals surface area (Å²) in [4.78, 5) is 26.2. The number of rotatable bonds is 4. The number of para-hydroxylation sites is 1. The number of carboxylic acid groups (broad SMARTS) is 1. The third-order valence-corrected chi connectivity index (χ3v) is 5.00. The Morgan fingerprint density at radius 3 is 2.68 bits per heavy atom. The van der Waals surface area contributed by atoms with E-state index in [1.807, 2.05) is 0 Å². The van der Waals surface area contributed by atoms with Crippen molar-refractivity contribution in [2.24, 2.45) is 0 Å². The zero-order chi connectivity index (χ0) is 18.2. The van der Waals surface area contributed by atoms with Crippen LogP contribution in [-0.2, 0) is 16.0 Å². The van der Waals surface area contributed by atoms with Crippen LogP contribution in [0.25, 0.3) is 10.9 Å². The molecule has 9 heteroatoms. The summed E-state index contributed by atoms with van der Waals surface area (Å²) in [6.45, 7) is -0.0657. The summed E-state index contributed by atoms with van der Waals surface area (Å²) >= 11 is 0.731. The summed E-state index contributed by atoms with van der Waals surface area (Å²) in [5.41, 5.74) is 1.16. The minimum absolute atomic E-state index is 0.0156. The maximum atomic E-state index is 13.7. The van der Waals surface area contributed by atoms with Gasteiger partial charge >= 0.3 is 6.18 Å². The molecule has 1 aromatic carbocycles. The molecule has 0 saturated carbocycles. The van der Waals surface area contributed by atoms with Crippen LogP contribution in [0, 0.1) is 0 Å². The Morgan fingerprint density at radius 2 is 2.00 bits per heavy atom. The van der Waals surface area contributed by atoms with Crippen molar-refractivity contribution in [1.29, 1.82) is 0 Å². The van der Waals surface area contributed by atoms with Crippen molar-refractivity contribution in [3.8, 4) is 0 Å². The first-order valence-electron chi connectivity index (χ1n) is 7.52. The molecule has 1 N–H and O–H groups in total. The summed E-state index contributed by atoms with van der Waals surface area (Å²) in [6.07, 6.45) is -4.33. The molecule has 0 spiro atoms. The van der Waals surface area contributed by atoms with Crippen LogP contribution in [0.5, 0.6) is 0 Å². The Bertz CT molecular complexity index is 819. The second kappa shape index (κ2) is 6.62. The lowest BCUT2D eigenvalue weighted by Crippen LogP contribution is -2.47. The highest BCUT2D eigenvalue weighted by atomic mass is 32.2. The zero-order valence-corrected chi connectivity index (χ0v) is 13.7. The van der Waals surface area contributed by atoms with E-state index < -0.39 is 29.8 Å². The van der Waals surface area contributed by atoms with E-state index in [2.05, 4.69) is 4.98 Å². The number of carbonyl (C=O) groups is 2. The van der Waals surface area contributed by atoms with Gasteiger partial charge in [-0.25, -0.2) is 0 Å². The van der Waals surface area contributed by atoms with Crippen molar-refractivity contribution < 1.29 is 27.9 Å². The number of aromatic amines is 1. The molecule has 0 unspecified atom stereocenters. The smallest absolute Gasteiger partial charge is 0.414 e. The maximum Gasteiger partial charge on any atom is 0.414 e. The number of alkyl halides is 3. The van der Waals surface area contributed by atoms with Gasteiger partial charge in [0.2, 0.25) is 5.91 Å². The fourth-order valence-corrected chi connectivity index (χ4v) is 3.76. The zero-order valence-electron chi connectivity index (χ0n) is 12.9. The SMILES string of the molecule is O=C([O-])CSCC(=O)N1CCc2c([nH]c3ccccc23)[C@H]1C(F)(F)F. The van der Waals surface area contributed by atoms with Crippen LogP contribution >= 0.6 is 11.8 Å². The molecule has 1 aliphatic heterocycles. The van der Waals surface area contributed by atoms with Gasteiger partial charge in [-0.15, -0.1) is 11.8 Å². The first-order valence-corrected chi connectivity index (χ1v) is 8.67. The van der Waals surface area contributed by atoms with Gasteiger partial charge in [-0.3, -0.25) is 4.79 Å². The van der Waals surface area contributed by atoms with Gasteiger partial charge < -0.3 is 19.8 Å². The van der Waals surface area contributed by atoms with Crippen molar-refractivity contribution in [3.05, 3.63) is 35.5 Å². The third-order valence-electron chi connectivity index (χ3n) is 4.11. The van der Waals surface area contributed by atoms with Gasteiger partial charge in [-0.2, -0.15) is 13.2 Å². The Balaban J connectivity index is 1.93. The van der Waals surface area contributed by atoms with E-state index in [0.717, 1.165) is 22.0 Å². The van der Waals surface area contributed by atoms with Gasteiger partial charge in [0.15, 0.2) is 6.04 Å². The molecule has 5 nitrogen and oxygen atoms in total. The number of hydrogen-bond donors (Lipinski definition) is 1. The summed E-state index contributed by atoms with van der Waals surface area (Å²) in [7, 11) is 0. The number of fused-ring (bicyclic) bond motifs is 3. The van der Waals surface area contributed by atoms with E-state index in [-0.39, 0.29) is 18.0 Å². The van der Waals surface area contributed by atoms with E-state index in [4.69, 9.17) is 0 Å². The fraction of sp³-hybridized carbons (Fsp3) is 0.375. The molecule has 0 radical (unpaired) electrons. The van der Waals surface area contributed by atoms with Crippen LogP contribution in [-0.4, -0.2) is 46.0 Å². The second-order valence-electron chi connectivity index (χ2n) is 5.71. The molecule has 1 aromatic heterocycles. The molecule has 1 atom stereocenters. The number of nitrogens with one attached hydrogen (secondary N) is 1. The summed E-state index contributed by atoms with van der Waals surface area (Å²) in [6, 6.07) is 4.88. The number of carboxylic acids is 1. The number of halogens is 3. The van der Waals surface area contributed by atoms with Crippen LogP contribution in [0.2, 0.25) is 0 Å². The second-order valence-corrected chi connectivity index (χ2v) is 6.69. The van der Waals surface area contributed by atoms with Crippen molar-refractivity contribution in [3.63, 3.8) is 0 Å². The molecule has 0 fully saturated rings. The quantitative estimate of drug-likeness (QED) is 0.887. The summed E-state index contributed by atoms with van der Waals surface area (Å²) < 4.78 is 41.1. The van der Waals surface area contributed by atoms with E-state index in [0.29, 0.717) is 17.5 Å². The summed E-state index contributed by atoms with van der Waals surface area (Å²) in [5, 5.41) is 11.1. The standard InChI is InChI=1S/C16H15F3N2O3S/c17-16(18,19)15-14-10(9-3-1-2-4-11(9)20-14)5-6-21(15)12(22)7-25-8-13(23)24/h1-4,15,20H,5-8H2,(H,23,24)/p-1/t15-/m0/s1. The van der Waals surface area contributed by atoms with Gasteiger partial charge in [0.1, 0.15) is 0 Å². The van der Waals surface area contributed by atoms with Gasteiger partial charge in [-0.1, -0.05) is 18.2 Å². The van der Waals surface area contributed by atoms with Crippen molar-refractivity contribution in [2.45, 2.75) is 18.6 Å². The van der Waals surface area contributed by atoms with E-state index >= 15 is 0 Å². The fourth-order valence-electron chi connectivity index (χ4n) is 3.15. The molecule has 2 heterocycles. The highest BCUT2D eigenvalue weighted by Gasteiger charge is 2.50. The predicted molar refractivity (Wildman–Crippen MR) is 84.8 cm³/mol. The number of thioether (sulfide) groups is 1. The lowest BCUT2D eigenvalue weighted by Gasteiger charge is -2.36. The molecule has 0 aliphatic carbocycles. The number of aliphatic carboxylic acids is 1. The van der Waals surface area contributed by atoms with Gasteiger partial charge in [-0.05, 0) is 18.1 Å². The van der Waals surface area contributed by atoms with Crippen molar-refractivity contribution in [1.82, 2.24) is 9.88 Å². The first-order chi connectivity index (χ1) is 11.8. The normalized spacial score (nSPS) is 17.6. The van der Waals surface area contributed by atoms with Crippen LogP contribution in [0.15, 0.2) is 24.3 Å². The average molecular weight is 371 g/mol. The van der Waals surface area contributed by atoms with E-state index in [9.17, 15) is 27.9 Å². The third kappa shape index (κ3) is 3.46. The highest BCUT2D eigenvalue weighted by Crippen LogP contribution is 2.43. The van der Waals surface area contributed by atoms with Crippen LogP contribution in [0.1, 0.15) is 17.3 Å². The lowest BCUT2D eigenvalue weighted by molar-refractivity contribution is -0.301. The number of carbonyl (C=O) groups excluding carboxylic acids is 2. The number of H-pyrrole nitrogens is 1. The summed E-state index contributed by atoms with van der Waals surface area (Å²) in [5.74, 6) is -2.87. The topological polar surface area (TPSA) is 76.2 Å². The van der Waals surface area contributed by atoms with Gasteiger partial charge in [0.25, 0.3) is 0 Å². The maximum absolute atomic E-state index is 13.7. The van der Waals surface area contributed by atoms with Gasteiger partial charge in [0.05, 0.1) is 17.4 Å². The minimum Gasteiger partial charge on any atom is -0.549 e. The Labute approximate surface area is 145 Å². The van der Waals surface area contributed by atoms with Crippen molar-refractivity contribution in [2.75, 3.05) is 18.1 Å². The molecule has 2 aromatic rings. The molecular weight excluding hydrogens is 357 g/mol. The Hall–Kier alpha value is -2.16. The highest BCUT2D eigenvalue weighted by molar-refractivity contribution is 8.00. The van der Waals surface area contributed by atoms with Crippen molar-refractivity contribution >= 4 is 34.5 Å².